The lowest BCUT2D eigenvalue weighted by molar-refractivity contribution is -0.159. The van der Waals surface area contributed by atoms with Crippen molar-refractivity contribution in [1.29, 1.82) is 0 Å². The highest BCUT2D eigenvalue weighted by Crippen LogP contribution is 2.71. The van der Waals surface area contributed by atoms with Crippen LogP contribution in [-0.4, -0.2) is 31.1 Å². The van der Waals surface area contributed by atoms with E-state index < -0.39 is 5.79 Å². The Morgan fingerprint density at radius 1 is 1.04 bits per heavy atom. The van der Waals surface area contributed by atoms with Gasteiger partial charge in [0.25, 0.3) is 0 Å². The van der Waals surface area contributed by atoms with Gasteiger partial charge in [0.1, 0.15) is 12.7 Å². The van der Waals surface area contributed by atoms with Crippen molar-refractivity contribution >= 4 is 5.97 Å². The lowest BCUT2D eigenvalue weighted by Gasteiger charge is -2.43. The molecule has 0 amide bonds. The van der Waals surface area contributed by atoms with Gasteiger partial charge in [-0.15, -0.1) is 0 Å². The van der Waals surface area contributed by atoms with E-state index in [1.807, 2.05) is 13.8 Å². The van der Waals surface area contributed by atoms with Gasteiger partial charge in [0.05, 0.1) is 6.61 Å². The maximum absolute atomic E-state index is 12.4. The van der Waals surface area contributed by atoms with Gasteiger partial charge in [0.2, 0.25) is 0 Å². The first-order valence-corrected chi connectivity index (χ1v) is 10.8. The Morgan fingerprint density at radius 3 is 2.46 bits per heavy atom. The fourth-order valence-corrected chi connectivity index (χ4v) is 7.90. The van der Waals surface area contributed by atoms with E-state index in [-0.39, 0.29) is 12.1 Å². The van der Waals surface area contributed by atoms with Crippen molar-refractivity contribution < 1.29 is 19.0 Å². The Labute approximate surface area is 157 Å². The van der Waals surface area contributed by atoms with Crippen molar-refractivity contribution in [2.75, 3.05) is 13.2 Å². The van der Waals surface area contributed by atoms with E-state index in [2.05, 4.69) is 13.8 Å². The van der Waals surface area contributed by atoms with Crippen LogP contribution >= 0.6 is 0 Å². The summed E-state index contributed by atoms with van der Waals surface area (Å²) in [6, 6.07) is 0. The van der Waals surface area contributed by atoms with Gasteiger partial charge in [-0.3, -0.25) is 4.79 Å². The summed E-state index contributed by atoms with van der Waals surface area (Å²) in [5, 5.41) is 0. The molecule has 10 unspecified atom stereocenters. The fraction of sp³-hybridized carbons (Fsp3) is 0.955. The van der Waals surface area contributed by atoms with Crippen LogP contribution in [-0.2, 0) is 19.0 Å². The first-order valence-electron chi connectivity index (χ1n) is 10.8. The molecule has 4 saturated carbocycles. The third-order valence-corrected chi connectivity index (χ3v) is 8.91. The van der Waals surface area contributed by atoms with Crippen molar-refractivity contribution in [3.63, 3.8) is 0 Å². The second-order valence-corrected chi connectivity index (χ2v) is 10.4. The standard InChI is InChI=1S/C22H34O4/c1-11-12(2)17-8-16(11)20-14-5-13(18(6-14)21(17)20)7-19(23)24-9-15-10-25-22(3,4)26-15/h11-18,20-21H,5-10H2,1-4H3. The predicted molar refractivity (Wildman–Crippen MR) is 97.1 cm³/mol. The number of ether oxygens (including phenoxy) is 3. The second-order valence-electron chi connectivity index (χ2n) is 10.4. The van der Waals surface area contributed by atoms with Gasteiger partial charge in [-0.25, -0.2) is 0 Å². The highest BCUT2D eigenvalue weighted by Gasteiger charge is 2.65. The van der Waals surface area contributed by atoms with Crippen LogP contribution < -0.4 is 0 Å². The summed E-state index contributed by atoms with van der Waals surface area (Å²) >= 11 is 0. The van der Waals surface area contributed by atoms with Crippen LogP contribution in [0.2, 0.25) is 0 Å². The van der Waals surface area contributed by atoms with E-state index in [0.29, 0.717) is 25.6 Å². The number of esters is 1. The van der Waals surface area contributed by atoms with Gasteiger partial charge in [0.15, 0.2) is 5.79 Å². The van der Waals surface area contributed by atoms with E-state index >= 15 is 0 Å². The van der Waals surface area contributed by atoms with E-state index in [4.69, 9.17) is 14.2 Å². The number of hydrogen-bond acceptors (Lipinski definition) is 4. The maximum atomic E-state index is 12.4. The molecule has 0 aromatic heterocycles. The topological polar surface area (TPSA) is 44.8 Å². The van der Waals surface area contributed by atoms with Crippen molar-refractivity contribution in [3.8, 4) is 0 Å². The molecule has 5 rings (SSSR count). The number of fused-ring (bicyclic) bond motifs is 9. The minimum absolute atomic E-state index is 0.0306. The largest absolute Gasteiger partial charge is 0.463 e. The summed E-state index contributed by atoms with van der Waals surface area (Å²) in [5.74, 6) is 7.26. The zero-order valence-electron chi connectivity index (χ0n) is 16.6. The second kappa shape index (κ2) is 5.94. The van der Waals surface area contributed by atoms with Gasteiger partial charge in [-0.1, -0.05) is 13.8 Å². The molecule has 1 heterocycles. The average Bonchev–Trinajstić information content (AvgIpc) is 3.34. The Hall–Kier alpha value is -0.610. The first-order chi connectivity index (χ1) is 12.3. The lowest BCUT2D eigenvalue weighted by Crippen LogP contribution is -2.39. The van der Waals surface area contributed by atoms with Crippen LogP contribution in [0, 0.1) is 53.3 Å². The highest BCUT2D eigenvalue weighted by molar-refractivity contribution is 5.69. The molecule has 5 fully saturated rings. The SMILES string of the molecule is CC1C(C)C2CC1C1C3CC(CC(=O)OCC4COC(C)(C)O4)C(C3)C21. The zero-order chi connectivity index (χ0) is 18.2. The molecule has 0 spiro atoms. The maximum Gasteiger partial charge on any atom is 0.306 e. The molecule has 1 aliphatic heterocycles. The quantitative estimate of drug-likeness (QED) is 0.562. The van der Waals surface area contributed by atoms with Gasteiger partial charge in [0, 0.05) is 6.42 Å². The molecular formula is C22H34O4. The lowest BCUT2D eigenvalue weighted by atomic mass is 9.62. The average molecular weight is 363 g/mol. The minimum Gasteiger partial charge on any atom is -0.463 e. The molecule has 0 aromatic carbocycles. The molecule has 1 saturated heterocycles. The molecule has 10 atom stereocenters. The van der Waals surface area contributed by atoms with Gasteiger partial charge >= 0.3 is 5.97 Å². The van der Waals surface area contributed by atoms with Crippen molar-refractivity contribution in [3.05, 3.63) is 0 Å². The molecule has 26 heavy (non-hydrogen) atoms. The summed E-state index contributed by atoms with van der Waals surface area (Å²) in [5.41, 5.74) is 0. The first kappa shape index (κ1) is 17.5. The summed E-state index contributed by atoms with van der Waals surface area (Å²) < 4.78 is 16.8. The Bertz CT molecular complexity index is 587. The van der Waals surface area contributed by atoms with Gasteiger partial charge < -0.3 is 14.2 Å². The van der Waals surface area contributed by atoms with Crippen LogP contribution in [0.25, 0.3) is 0 Å². The van der Waals surface area contributed by atoms with E-state index in [1.54, 1.807) is 0 Å². The molecular weight excluding hydrogens is 328 g/mol. The van der Waals surface area contributed by atoms with Crippen molar-refractivity contribution in [2.45, 2.75) is 65.3 Å². The van der Waals surface area contributed by atoms with Crippen LogP contribution in [0.5, 0.6) is 0 Å². The third kappa shape index (κ3) is 2.58. The molecule has 0 aromatic rings. The summed E-state index contributed by atoms with van der Waals surface area (Å²) in [6.07, 6.45) is 4.61. The normalized spacial score (nSPS) is 53.2. The zero-order valence-corrected chi connectivity index (χ0v) is 16.6. The number of hydrogen-bond donors (Lipinski definition) is 0. The number of rotatable bonds is 4. The summed E-state index contributed by atoms with van der Waals surface area (Å²) in [7, 11) is 0. The minimum atomic E-state index is -0.549. The van der Waals surface area contributed by atoms with Gasteiger partial charge in [-0.05, 0) is 86.4 Å². The molecule has 4 heteroatoms. The predicted octanol–water partition coefficient (Wildman–Crippen LogP) is 3.88. The Morgan fingerprint density at radius 2 is 1.77 bits per heavy atom. The van der Waals surface area contributed by atoms with Crippen molar-refractivity contribution in [2.24, 2.45) is 53.3 Å². The van der Waals surface area contributed by atoms with E-state index in [9.17, 15) is 4.79 Å². The van der Waals surface area contributed by atoms with Crippen LogP contribution in [0.1, 0.15) is 53.4 Å². The Kier molecular flexibility index (Phi) is 4.00. The molecule has 4 nitrogen and oxygen atoms in total. The molecule has 4 aliphatic carbocycles. The summed E-state index contributed by atoms with van der Waals surface area (Å²) in [6.45, 7) is 9.61. The highest BCUT2D eigenvalue weighted by atomic mass is 16.7. The molecule has 0 radical (unpaired) electrons. The monoisotopic (exact) mass is 362 g/mol. The van der Waals surface area contributed by atoms with Crippen LogP contribution in [0.3, 0.4) is 0 Å². The van der Waals surface area contributed by atoms with Crippen LogP contribution in [0.15, 0.2) is 0 Å². The van der Waals surface area contributed by atoms with E-state index in [1.165, 1.54) is 19.3 Å². The van der Waals surface area contributed by atoms with Crippen molar-refractivity contribution in [1.82, 2.24) is 0 Å². The van der Waals surface area contributed by atoms with E-state index in [0.717, 1.165) is 47.3 Å². The fourth-order valence-electron chi connectivity index (χ4n) is 7.90. The number of carbonyl (C=O) groups excluding carboxylic acids is 1. The molecule has 4 bridgehead atoms. The Balaban J connectivity index is 1.16. The molecule has 0 N–H and O–H groups in total. The molecule has 146 valence electrons. The van der Waals surface area contributed by atoms with Gasteiger partial charge in [-0.2, -0.15) is 0 Å². The number of carbonyl (C=O) groups is 1. The van der Waals surface area contributed by atoms with Crippen LogP contribution in [0.4, 0.5) is 0 Å². The molecule has 5 aliphatic rings. The summed E-state index contributed by atoms with van der Waals surface area (Å²) in [4.78, 5) is 12.4. The smallest absolute Gasteiger partial charge is 0.306 e. The third-order valence-electron chi connectivity index (χ3n) is 8.91.